The van der Waals surface area contributed by atoms with Gasteiger partial charge in [-0.1, -0.05) is 47.5 Å². The zero-order valence-corrected chi connectivity index (χ0v) is 23.4. The number of nitrogens with one attached hydrogen (secondary N) is 2. The summed E-state index contributed by atoms with van der Waals surface area (Å²) in [7, 11) is -3.87. The van der Waals surface area contributed by atoms with Gasteiger partial charge in [-0.2, -0.15) is 0 Å². The van der Waals surface area contributed by atoms with Gasteiger partial charge in [0.2, 0.25) is 10.0 Å². The number of benzene rings is 3. The lowest BCUT2D eigenvalue weighted by atomic mass is 10.0. The maximum absolute atomic E-state index is 12.7. The van der Waals surface area contributed by atoms with E-state index in [2.05, 4.69) is 10.0 Å². The molecule has 0 bridgehead atoms. The summed E-state index contributed by atoms with van der Waals surface area (Å²) in [6.45, 7) is 3.34. The topological polar surface area (TPSA) is 131 Å². The van der Waals surface area contributed by atoms with E-state index in [-0.39, 0.29) is 33.5 Å². The SMILES string of the molecule is CCOCCOc1ccc(C[C@H](NC(=O)c2ccc(CNS(=O)(=O)c3cc(Cl)cc(Cl)c3)cc2)C(=O)O)cc1. The van der Waals surface area contributed by atoms with Crippen molar-refractivity contribution in [2.24, 2.45) is 0 Å². The van der Waals surface area contributed by atoms with Gasteiger partial charge in [-0.05, 0) is 60.5 Å². The van der Waals surface area contributed by atoms with Crippen LogP contribution >= 0.6 is 23.2 Å². The molecule has 12 heteroatoms. The molecule has 0 spiro atoms. The van der Waals surface area contributed by atoms with Crippen molar-refractivity contribution in [3.63, 3.8) is 0 Å². The zero-order chi connectivity index (χ0) is 28.4. The molecule has 0 fully saturated rings. The van der Waals surface area contributed by atoms with Crippen LogP contribution in [-0.2, 0) is 32.5 Å². The molecule has 0 saturated carbocycles. The van der Waals surface area contributed by atoms with Crippen molar-refractivity contribution in [1.29, 1.82) is 0 Å². The lowest BCUT2D eigenvalue weighted by Gasteiger charge is -2.15. The minimum atomic E-state index is -3.87. The van der Waals surface area contributed by atoms with Crippen molar-refractivity contribution in [2.45, 2.75) is 30.8 Å². The highest BCUT2D eigenvalue weighted by Gasteiger charge is 2.21. The Morgan fingerprint density at radius 2 is 1.54 bits per heavy atom. The van der Waals surface area contributed by atoms with Crippen LogP contribution in [-0.4, -0.2) is 51.3 Å². The molecule has 3 rings (SSSR count). The van der Waals surface area contributed by atoms with Gasteiger partial charge < -0.3 is 19.9 Å². The molecule has 3 aromatic rings. The third-order valence-electron chi connectivity index (χ3n) is 5.50. The number of amides is 1. The molecule has 0 heterocycles. The van der Waals surface area contributed by atoms with Crippen LogP contribution in [0.15, 0.2) is 71.6 Å². The number of hydrogen-bond donors (Lipinski definition) is 3. The van der Waals surface area contributed by atoms with Gasteiger partial charge in [0.25, 0.3) is 5.91 Å². The number of carboxylic acids is 1. The fraction of sp³-hybridized carbons (Fsp3) is 0.259. The van der Waals surface area contributed by atoms with E-state index in [1.54, 1.807) is 36.4 Å². The molecule has 0 aromatic heterocycles. The summed E-state index contributed by atoms with van der Waals surface area (Å²) in [5, 5.41) is 12.5. The third-order valence-corrected chi connectivity index (χ3v) is 7.31. The minimum absolute atomic E-state index is 0.0442. The molecule has 0 unspecified atom stereocenters. The Kier molecular flexibility index (Phi) is 11.1. The summed E-state index contributed by atoms with van der Waals surface area (Å²) in [6, 6.07) is 15.9. The van der Waals surface area contributed by atoms with Crippen molar-refractivity contribution in [2.75, 3.05) is 19.8 Å². The van der Waals surface area contributed by atoms with Crippen molar-refractivity contribution < 1.29 is 32.6 Å². The van der Waals surface area contributed by atoms with Crippen LogP contribution in [0.25, 0.3) is 0 Å². The molecule has 0 aliphatic carbocycles. The van der Waals surface area contributed by atoms with Crippen LogP contribution in [0, 0.1) is 0 Å². The van der Waals surface area contributed by atoms with Gasteiger partial charge in [0, 0.05) is 35.2 Å². The number of rotatable bonds is 14. The lowest BCUT2D eigenvalue weighted by molar-refractivity contribution is -0.139. The maximum atomic E-state index is 12.7. The summed E-state index contributed by atoms with van der Waals surface area (Å²) in [4.78, 5) is 24.4. The van der Waals surface area contributed by atoms with Crippen LogP contribution in [0.3, 0.4) is 0 Å². The number of carbonyl (C=O) groups is 2. The summed E-state index contributed by atoms with van der Waals surface area (Å²) in [5.74, 6) is -1.11. The van der Waals surface area contributed by atoms with Crippen LogP contribution in [0.1, 0.15) is 28.4 Å². The number of hydrogen-bond acceptors (Lipinski definition) is 6. The Balaban J connectivity index is 1.56. The number of aliphatic carboxylic acids is 1. The number of halogens is 2. The number of ether oxygens (including phenoxy) is 2. The van der Waals surface area contributed by atoms with Gasteiger partial charge in [0.15, 0.2) is 0 Å². The highest BCUT2D eigenvalue weighted by molar-refractivity contribution is 7.89. The largest absolute Gasteiger partial charge is 0.491 e. The molecule has 3 N–H and O–H groups in total. The molecule has 0 aliphatic rings. The second-order valence-electron chi connectivity index (χ2n) is 8.38. The fourth-order valence-electron chi connectivity index (χ4n) is 3.48. The molecule has 39 heavy (non-hydrogen) atoms. The van der Waals surface area contributed by atoms with Crippen LogP contribution in [0.5, 0.6) is 5.75 Å². The standard InChI is InChI=1S/C27H28Cl2N2O7S/c1-2-37-11-12-38-23-9-5-18(6-10-23)13-25(27(33)34)31-26(32)20-7-3-19(4-8-20)17-30-39(35,36)24-15-21(28)14-22(29)16-24/h3-10,14-16,25,30H,2,11-13,17H2,1H3,(H,31,32)(H,33,34)/t25-/m0/s1. The second-order valence-corrected chi connectivity index (χ2v) is 11.0. The van der Waals surface area contributed by atoms with Crippen LogP contribution in [0.4, 0.5) is 0 Å². The fourth-order valence-corrected chi connectivity index (χ4v) is 5.22. The lowest BCUT2D eigenvalue weighted by Crippen LogP contribution is -2.42. The average Bonchev–Trinajstić information content (AvgIpc) is 2.90. The predicted octanol–water partition coefficient (Wildman–Crippen LogP) is 4.31. The number of carbonyl (C=O) groups excluding carboxylic acids is 1. The Hall–Kier alpha value is -3.15. The molecule has 0 aliphatic heterocycles. The van der Waals surface area contributed by atoms with E-state index in [4.69, 9.17) is 32.7 Å². The van der Waals surface area contributed by atoms with E-state index in [0.29, 0.717) is 36.7 Å². The van der Waals surface area contributed by atoms with E-state index >= 15 is 0 Å². The van der Waals surface area contributed by atoms with Crippen molar-refractivity contribution >= 4 is 45.1 Å². The first-order chi connectivity index (χ1) is 18.6. The molecular weight excluding hydrogens is 567 g/mol. The Morgan fingerprint density at radius 1 is 0.923 bits per heavy atom. The molecular formula is C27H28Cl2N2O7S. The van der Waals surface area contributed by atoms with E-state index in [0.717, 1.165) is 0 Å². The van der Waals surface area contributed by atoms with Crippen molar-refractivity contribution in [1.82, 2.24) is 10.0 Å². The highest BCUT2D eigenvalue weighted by Crippen LogP contribution is 2.22. The molecule has 0 radical (unpaired) electrons. The monoisotopic (exact) mass is 594 g/mol. The minimum Gasteiger partial charge on any atom is -0.491 e. The predicted molar refractivity (Wildman–Crippen MR) is 148 cm³/mol. The molecule has 9 nitrogen and oxygen atoms in total. The normalized spacial score (nSPS) is 12.1. The van der Waals surface area contributed by atoms with E-state index in [1.165, 1.54) is 30.3 Å². The molecule has 208 valence electrons. The van der Waals surface area contributed by atoms with Gasteiger partial charge in [-0.15, -0.1) is 0 Å². The summed E-state index contributed by atoms with van der Waals surface area (Å²) in [5.41, 5.74) is 1.53. The van der Waals surface area contributed by atoms with E-state index < -0.39 is 27.9 Å². The quantitative estimate of drug-likeness (QED) is 0.237. The molecule has 3 aromatic carbocycles. The molecule has 1 amide bonds. The molecule has 0 saturated heterocycles. The summed E-state index contributed by atoms with van der Waals surface area (Å²) >= 11 is 11.8. The van der Waals surface area contributed by atoms with Gasteiger partial charge >= 0.3 is 5.97 Å². The van der Waals surface area contributed by atoms with Crippen LogP contribution < -0.4 is 14.8 Å². The maximum Gasteiger partial charge on any atom is 0.326 e. The summed E-state index contributed by atoms with van der Waals surface area (Å²) in [6.07, 6.45) is 0.0771. The average molecular weight is 596 g/mol. The van der Waals surface area contributed by atoms with Gasteiger partial charge in [-0.25, -0.2) is 17.9 Å². The smallest absolute Gasteiger partial charge is 0.326 e. The first kappa shape index (κ1) is 30.4. The Labute approximate surface area is 237 Å². The van der Waals surface area contributed by atoms with Gasteiger partial charge in [-0.3, -0.25) is 4.79 Å². The molecule has 1 atom stereocenters. The second kappa shape index (κ2) is 14.3. The first-order valence-electron chi connectivity index (χ1n) is 11.9. The van der Waals surface area contributed by atoms with E-state index in [1.807, 2.05) is 6.92 Å². The number of carboxylic acid groups (broad SMARTS) is 1. The zero-order valence-electron chi connectivity index (χ0n) is 21.0. The van der Waals surface area contributed by atoms with Gasteiger partial charge in [0.05, 0.1) is 11.5 Å². The van der Waals surface area contributed by atoms with Gasteiger partial charge in [0.1, 0.15) is 18.4 Å². The van der Waals surface area contributed by atoms with Crippen molar-refractivity contribution in [3.05, 3.63) is 93.5 Å². The van der Waals surface area contributed by atoms with Crippen LogP contribution in [0.2, 0.25) is 10.0 Å². The van der Waals surface area contributed by atoms with Crippen molar-refractivity contribution in [3.8, 4) is 5.75 Å². The Morgan fingerprint density at radius 3 is 2.13 bits per heavy atom. The third kappa shape index (κ3) is 9.52. The van der Waals surface area contributed by atoms with E-state index in [9.17, 15) is 23.1 Å². The number of sulfonamides is 1. The highest BCUT2D eigenvalue weighted by atomic mass is 35.5. The first-order valence-corrected chi connectivity index (χ1v) is 14.2. The Bertz CT molecular complexity index is 1360. The summed E-state index contributed by atoms with van der Waals surface area (Å²) < 4.78 is 38.3.